The van der Waals surface area contributed by atoms with Gasteiger partial charge in [-0.25, -0.2) is 4.39 Å². The van der Waals surface area contributed by atoms with Gasteiger partial charge in [0.15, 0.2) is 5.79 Å². The molecule has 0 spiro atoms. The summed E-state index contributed by atoms with van der Waals surface area (Å²) in [5.41, 5.74) is 5.47. The van der Waals surface area contributed by atoms with Crippen molar-refractivity contribution in [3.05, 3.63) is 29.6 Å². The van der Waals surface area contributed by atoms with Gasteiger partial charge in [0, 0.05) is 12.1 Å². The number of halogens is 1. The first-order valence-electron chi connectivity index (χ1n) is 6.53. The molecule has 0 saturated carbocycles. The minimum Gasteiger partial charge on any atom is -0.491 e. The lowest BCUT2D eigenvalue weighted by Gasteiger charge is -2.17. The van der Waals surface area contributed by atoms with Crippen LogP contribution in [0.2, 0.25) is 0 Å². The third-order valence-corrected chi connectivity index (χ3v) is 3.05. The molecule has 1 aliphatic heterocycles. The summed E-state index contributed by atoms with van der Waals surface area (Å²) in [5, 5.41) is 9.62. The number of rotatable bonds is 5. The summed E-state index contributed by atoms with van der Waals surface area (Å²) in [6, 6.07) is 4.20. The van der Waals surface area contributed by atoms with E-state index >= 15 is 0 Å². The van der Waals surface area contributed by atoms with Gasteiger partial charge < -0.3 is 25.1 Å². The fraction of sp³-hybridized carbons (Fsp3) is 0.571. The van der Waals surface area contributed by atoms with Gasteiger partial charge in [-0.15, -0.1) is 0 Å². The Kier molecular flexibility index (Phi) is 4.59. The zero-order valence-corrected chi connectivity index (χ0v) is 11.6. The van der Waals surface area contributed by atoms with E-state index < -0.39 is 17.7 Å². The molecule has 0 amide bonds. The molecule has 1 aromatic rings. The lowest BCUT2D eigenvalue weighted by Crippen LogP contribution is -2.25. The molecular weight excluding hydrogens is 265 g/mol. The van der Waals surface area contributed by atoms with Crippen LogP contribution in [0.3, 0.4) is 0 Å². The number of hydrogen-bond donors (Lipinski definition) is 2. The average molecular weight is 285 g/mol. The highest BCUT2D eigenvalue weighted by molar-refractivity contribution is 5.31. The Labute approximate surface area is 117 Å². The van der Waals surface area contributed by atoms with Gasteiger partial charge in [-0.3, -0.25) is 0 Å². The molecule has 20 heavy (non-hydrogen) atoms. The topological polar surface area (TPSA) is 73.9 Å². The third-order valence-electron chi connectivity index (χ3n) is 3.05. The summed E-state index contributed by atoms with van der Waals surface area (Å²) in [6.07, 6.45) is -1.21. The standard InChI is InChI=1S/C14H20FNO4/c1-14(2)19-8-10(20-14)7-18-9-3-4-12(15)11(5-9)13(17)6-16/h3-5,10,13,17H,6-8,16H2,1-2H3/t10-,13+/m0/s1. The van der Waals surface area contributed by atoms with E-state index in [1.165, 1.54) is 18.2 Å². The highest BCUT2D eigenvalue weighted by Crippen LogP contribution is 2.25. The van der Waals surface area contributed by atoms with Gasteiger partial charge in [-0.05, 0) is 32.0 Å². The van der Waals surface area contributed by atoms with Gasteiger partial charge in [-0.1, -0.05) is 0 Å². The minimum atomic E-state index is -1.04. The number of aliphatic hydroxyl groups excluding tert-OH is 1. The normalized spacial score (nSPS) is 22.8. The van der Waals surface area contributed by atoms with E-state index in [0.717, 1.165) is 0 Å². The van der Waals surface area contributed by atoms with Crippen LogP contribution in [-0.2, 0) is 9.47 Å². The summed E-state index contributed by atoms with van der Waals surface area (Å²) in [5.74, 6) is -0.642. The fourth-order valence-electron chi connectivity index (χ4n) is 2.03. The molecule has 0 aliphatic carbocycles. The first-order valence-corrected chi connectivity index (χ1v) is 6.53. The first-order chi connectivity index (χ1) is 9.41. The average Bonchev–Trinajstić information content (AvgIpc) is 2.76. The Morgan fingerprint density at radius 2 is 2.30 bits per heavy atom. The Morgan fingerprint density at radius 1 is 1.55 bits per heavy atom. The molecular formula is C14H20FNO4. The van der Waals surface area contributed by atoms with Crippen LogP contribution in [0.25, 0.3) is 0 Å². The summed E-state index contributed by atoms with van der Waals surface area (Å²) in [4.78, 5) is 0. The van der Waals surface area contributed by atoms with Crippen molar-refractivity contribution in [2.75, 3.05) is 19.8 Å². The number of aliphatic hydroxyl groups is 1. The maximum atomic E-state index is 13.5. The third kappa shape index (κ3) is 3.67. The van der Waals surface area contributed by atoms with Crippen molar-refractivity contribution in [1.82, 2.24) is 0 Å². The Balaban J connectivity index is 1.97. The zero-order valence-electron chi connectivity index (χ0n) is 11.6. The quantitative estimate of drug-likeness (QED) is 0.854. The summed E-state index contributed by atoms with van der Waals surface area (Å²) in [7, 11) is 0. The highest BCUT2D eigenvalue weighted by atomic mass is 19.1. The molecule has 0 aromatic heterocycles. The molecule has 0 radical (unpaired) electrons. The van der Waals surface area contributed by atoms with E-state index in [1.54, 1.807) is 0 Å². The van der Waals surface area contributed by atoms with Crippen LogP contribution in [0.5, 0.6) is 5.75 Å². The minimum absolute atomic E-state index is 0.0475. The lowest BCUT2D eigenvalue weighted by atomic mass is 10.1. The number of nitrogens with two attached hydrogens (primary N) is 1. The van der Waals surface area contributed by atoms with Gasteiger partial charge >= 0.3 is 0 Å². The van der Waals surface area contributed by atoms with Gasteiger partial charge in [0.2, 0.25) is 0 Å². The number of hydrogen-bond acceptors (Lipinski definition) is 5. The molecule has 0 bridgehead atoms. The van der Waals surface area contributed by atoms with Crippen molar-refractivity contribution < 1.29 is 23.7 Å². The van der Waals surface area contributed by atoms with E-state index in [4.69, 9.17) is 19.9 Å². The lowest BCUT2D eigenvalue weighted by molar-refractivity contribution is -0.141. The maximum Gasteiger partial charge on any atom is 0.163 e. The van der Waals surface area contributed by atoms with Crippen molar-refractivity contribution in [2.45, 2.75) is 31.8 Å². The van der Waals surface area contributed by atoms with Crippen molar-refractivity contribution in [3.8, 4) is 5.75 Å². The molecule has 2 atom stereocenters. The fourth-order valence-corrected chi connectivity index (χ4v) is 2.03. The second-order valence-corrected chi connectivity index (χ2v) is 5.20. The molecule has 1 aliphatic rings. The van der Waals surface area contributed by atoms with E-state index in [-0.39, 0.29) is 18.2 Å². The predicted octanol–water partition coefficient (Wildman–Crippen LogP) is 1.35. The molecule has 0 unspecified atom stereocenters. The van der Waals surface area contributed by atoms with Crippen LogP contribution in [0.15, 0.2) is 18.2 Å². The number of ether oxygens (including phenoxy) is 3. The molecule has 6 heteroatoms. The highest BCUT2D eigenvalue weighted by Gasteiger charge is 2.33. The molecule has 2 rings (SSSR count). The zero-order chi connectivity index (χ0) is 14.8. The molecule has 112 valence electrons. The predicted molar refractivity (Wildman–Crippen MR) is 70.8 cm³/mol. The van der Waals surface area contributed by atoms with Crippen molar-refractivity contribution >= 4 is 0 Å². The van der Waals surface area contributed by atoms with Crippen LogP contribution < -0.4 is 10.5 Å². The summed E-state index contributed by atoms with van der Waals surface area (Å²) < 4.78 is 30.1. The van der Waals surface area contributed by atoms with E-state index in [9.17, 15) is 9.50 Å². The second kappa shape index (κ2) is 6.05. The van der Waals surface area contributed by atoms with E-state index in [1.807, 2.05) is 13.8 Å². The van der Waals surface area contributed by atoms with Crippen LogP contribution in [0.4, 0.5) is 4.39 Å². The van der Waals surface area contributed by atoms with Crippen molar-refractivity contribution in [3.63, 3.8) is 0 Å². The maximum absolute atomic E-state index is 13.5. The van der Waals surface area contributed by atoms with Gasteiger partial charge in [-0.2, -0.15) is 0 Å². The first kappa shape index (κ1) is 15.2. The Hall–Kier alpha value is -1.21. The summed E-state index contributed by atoms with van der Waals surface area (Å²) >= 11 is 0. The Bertz CT molecular complexity index is 466. The molecule has 3 N–H and O–H groups in total. The molecule has 1 heterocycles. The smallest absolute Gasteiger partial charge is 0.163 e. The Morgan fingerprint density at radius 3 is 2.90 bits per heavy atom. The van der Waals surface area contributed by atoms with Crippen molar-refractivity contribution in [1.29, 1.82) is 0 Å². The number of benzene rings is 1. The van der Waals surface area contributed by atoms with Crippen LogP contribution >= 0.6 is 0 Å². The van der Waals surface area contributed by atoms with E-state index in [0.29, 0.717) is 19.0 Å². The second-order valence-electron chi connectivity index (χ2n) is 5.20. The van der Waals surface area contributed by atoms with E-state index in [2.05, 4.69) is 0 Å². The van der Waals surface area contributed by atoms with Gasteiger partial charge in [0.05, 0.1) is 12.7 Å². The van der Waals surface area contributed by atoms with Crippen LogP contribution in [0.1, 0.15) is 25.5 Å². The molecule has 1 saturated heterocycles. The van der Waals surface area contributed by atoms with Gasteiger partial charge in [0.1, 0.15) is 24.3 Å². The van der Waals surface area contributed by atoms with Crippen LogP contribution in [-0.4, -0.2) is 36.8 Å². The van der Waals surface area contributed by atoms with Crippen LogP contribution in [0, 0.1) is 5.82 Å². The monoisotopic (exact) mass is 285 g/mol. The summed E-state index contributed by atoms with van der Waals surface area (Å²) in [6.45, 7) is 4.37. The molecule has 1 aromatic carbocycles. The van der Waals surface area contributed by atoms with Gasteiger partial charge in [0.25, 0.3) is 0 Å². The SMILES string of the molecule is CC1(C)OC[C@H](COc2ccc(F)c([C@H](O)CN)c2)O1. The van der Waals surface area contributed by atoms with Crippen molar-refractivity contribution in [2.24, 2.45) is 5.73 Å². The largest absolute Gasteiger partial charge is 0.491 e. The molecule has 1 fully saturated rings. The molecule has 5 nitrogen and oxygen atoms in total.